The van der Waals surface area contributed by atoms with Gasteiger partial charge in [0.25, 0.3) is 0 Å². The minimum Gasteiger partial charge on any atom is -0.317 e. The van der Waals surface area contributed by atoms with Gasteiger partial charge >= 0.3 is 6.18 Å². The molecule has 1 aromatic heterocycles. The van der Waals surface area contributed by atoms with Crippen LogP contribution in [0.1, 0.15) is 37.4 Å². The van der Waals surface area contributed by atoms with E-state index in [1.807, 2.05) is 18.4 Å². The van der Waals surface area contributed by atoms with E-state index in [2.05, 4.69) is 4.90 Å². The quantitative estimate of drug-likeness (QED) is 0.858. The number of rotatable bonds is 3. The lowest BCUT2D eigenvalue weighted by Gasteiger charge is -2.34. The first kappa shape index (κ1) is 18.3. The van der Waals surface area contributed by atoms with E-state index in [0.717, 1.165) is 41.9 Å². The number of aromatic nitrogens is 1. The highest BCUT2D eigenvalue weighted by atomic mass is 35.5. The highest BCUT2D eigenvalue weighted by Gasteiger charge is 2.35. The summed E-state index contributed by atoms with van der Waals surface area (Å²) in [6.07, 6.45) is -3.61. The van der Waals surface area contributed by atoms with E-state index in [1.54, 1.807) is 0 Å². The molecule has 0 amide bonds. The summed E-state index contributed by atoms with van der Waals surface area (Å²) >= 11 is 1.13. The van der Waals surface area contributed by atoms with Gasteiger partial charge in [-0.1, -0.05) is 25.2 Å². The van der Waals surface area contributed by atoms with E-state index >= 15 is 0 Å². The van der Waals surface area contributed by atoms with Crippen molar-refractivity contribution in [3.05, 3.63) is 28.1 Å². The average Bonchev–Trinajstić information content (AvgIpc) is 2.78. The van der Waals surface area contributed by atoms with Crippen molar-refractivity contribution in [1.29, 1.82) is 5.41 Å². The number of nitrogens with one attached hydrogen (secondary N) is 1. The molecule has 1 aromatic carbocycles. The molecule has 2 heterocycles. The predicted octanol–water partition coefficient (Wildman–Crippen LogP) is 4.41. The van der Waals surface area contributed by atoms with Crippen LogP contribution in [0.3, 0.4) is 0 Å². The molecule has 0 saturated carbocycles. The second-order valence-electron chi connectivity index (χ2n) is 5.49. The molecule has 2 aromatic rings. The second kappa shape index (κ2) is 6.45. The summed E-state index contributed by atoms with van der Waals surface area (Å²) in [5.74, 6) is 0. The first-order chi connectivity index (χ1) is 10.4. The number of benzene rings is 1. The Labute approximate surface area is 142 Å². The zero-order valence-electron chi connectivity index (χ0n) is 12.9. The Kier molecular flexibility index (Phi) is 5.13. The van der Waals surface area contributed by atoms with Crippen molar-refractivity contribution in [2.45, 2.75) is 39.0 Å². The van der Waals surface area contributed by atoms with Gasteiger partial charge in [-0.2, -0.15) is 13.2 Å². The van der Waals surface area contributed by atoms with Crippen LogP contribution in [0.15, 0.2) is 12.1 Å². The van der Waals surface area contributed by atoms with E-state index in [4.69, 9.17) is 5.41 Å². The maximum atomic E-state index is 13.2. The standard InChI is InChI=1S/C15H18F3N3S.ClH/c1-3-20(4-2)11-5-6-21-13-10(11)7-9(15(16,17)18)8-12(13)22-14(21)19;/h7-8,11,19H,3-6H2,1-2H3;1H. The molecule has 1 aliphatic rings. The normalized spacial score (nSPS) is 17.6. The number of aryl methyl sites for hydroxylation is 1. The van der Waals surface area contributed by atoms with Crippen molar-refractivity contribution < 1.29 is 13.2 Å². The fourth-order valence-electron chi connectivity index (χ4n) is 3.34. The molecule has 8 heteroatoms. The third-order valence-corrected chi connectivity index (χ3v) is 5.34. The summed E-state index contributed by atoms with van der Waals surface area (Å²) in [6.45, 7) is 6.35. The van der Waals surface area contributed by atoms with Gasteiger partial charge in [0.05, 0.1) is 15.8 Å². The Balaban J connectivity index is 0.00000192. The molecule has 128 valence electrons. The van der Waals surface area contributed by atoms with E-state index in [9.17, 15) is 13.2 Å². The Morgan fingerprint density at radius 3 is 2.52 bits per heavy atom. The molecule has 1 unspecified atom stereocenters. The third-order valence-electron chi connectivity index (χ3n) is 4.39. The van der Waals surface area contributed by atoms with Crippen LogP contribution in [0.4, 0.5) is 13.2 Å². The summed E-state index contributed by atoms with van der Waals surface area (Å²) < 4.78 is 42.0. The summed E-state index contributed by atoms with van der Waals surface area (Å²) in [6, 6.07) is 2.46. The van der Waals surface area contributed by atoms with Gasteiger partial charge in [0.1, 0.15) is 0 Å². The largest absolute Gasteiger partial charge is 0.416 e. The van der Waals surface area contributed by atoms with Gasteiger partial charge in [0.15, 0.2) is 4.80 Å². The van der Waals surface area contributed by atoms with Gasteiger partial charge in [-0.05, 0) is 37.2 Å². The van der Waals surface area contributed by atoms with Crippen LogP contribution in [-0.2, 0) is 12.7 Å². The number of halogens is 4. The van der Waals surface area contributed by atoms with E-state index < -0.39 is 11.7 Å². The van der Waals surface area contributed by atoms with Crippen molar-refractivity contribution in [2.24, 2.45) is 0 Å². The number of alkyl halides is 3. The molecule has 0 bridgehead atoms. The lowest BCUT2D eigenvalue weighted by molar-refractivity contribution is -0.137. The maximum Gasteiger partial charge on any atom is 0.416 e. The molecule has 3 nitrogen and oxygen atoms in total. The Bertz CT molecular complexity index is 762. The molecule has 0 spiro atoms. The lowest BCUT2D eigenvalue weighted by atomic mass is 9.95. The predicted molar refractivity (Wildman–Crippen MR) is 88.2 cm³/mol. The summed E-state index contributed by atoms with van der Waals surface area (Å²) in [4.78, 5) is 2.52. The van der Waals surface area contributed by atoms with Crippen LogP contribution < -0.4 is 4.80 Å². The van der Waals surface area contributed by atoms with Crippen molar-refractivity contribution in [2.75, 3.05) is 13.1 Å². The van der Waals surface area contributed by atoms with Gasteiger partial charge < -0.3 is 4.57 Å². The van der Waals surface area contributed by atoms with E-state index in [-0.39, 0.29) is 18.4 Å². The molecule has 3 rings (SSSR count). The molecule has 0 radical (unpaired) electrons. The third kappa shape index (κ3) is 3.02. The van der Waals surface area contributed by atoms with Crippen LogP contribution in [-0.4, -0.2) is 22.6 Å². The molecule has 0 saturated heterocycles. The van der Waals surface area contributed by atoms with Crippen LogP contribution in [0.5, 0.6) is 0 Å². The molecule has 0 aliphatic carbocycles. The van der Waals surface area contributed by atoms with Crippen molar-refractivity contribution in [3.8, 4) is 0 Å². The topological polar surface area (TPSA) is 32.0 Å². The van der Waals surface area contributed by atoms with Crippen molar-refractivity contribution in [3.63, 3.8) is 0 Å². The Morgan fingerprint density at radius 2 is 1.96 bits per heavy atom. The summed E-state index contributed by atoms with van der Waals surface area (Å²) in [5.41, 5.74) is 0.920. The summed E-state index contributed by atoms with van der Waals surface area (Å²) in [7, 11) is 0. The number of hydrogen-bond donors (Lipinski definition) is 1. The van der Waals surface area contributed by atoms with Gasteiger partial charge in [-0.3, -0.25) is 10.3 Å². The molecule has 1 aliphatic heterocycles. The molecular weight excluding hydrogens is 347 g/mol. The van der Waals surface area contributed by atoms with Gasteiger partial charge in [-0.15, -0.1) is 12.4 Å². The van der Waals surface area contributed by atoms with Gasteiger partial charge in [0.2, 0.25) is 0 Å². The monoisotopic (exact) mass is 365 g/mol. The minimum atomic E-state index is -4.35. The summed E-state index contributed by atoms with van der Waals surface area (Å²) in [5, 5.41) is 8.01. The average molecular weight is 366 g/mol. The maximum absolute atomic E-state index is 13.2. The highest BCUT2D eigenvalue weighted by molar-refractivity contribution is 7.16. The number of hydrogen-bond acceptors (Lipinski definition) is 3. The molecule has 1 N–H and O–H groups in total. The van der Waals surface area contributed by atoms with Crippen molar-refractivity contribution >= 4 is 34.0 Å². The van der Waals surface area contributed by atoms with E-state index in [1.165, 1.54) is 12.1 Å². The molecule has 1 atom stereocenters. The SMILES string of the molecule is CCN(CC)C1CCn2c(=N)sc3cc(C(F)(F)F)cc1c32.Cl. The zero-order valence-corrected chi connectivity index (χ0v) is 14.5. The van der Waals surface area contributed by atoms with Crippen molar-refractivity contribution in [1.82, 2.24) is 9.47 Å². The van der Waals surface area contributed by atoms with Crippen LogP contribution >= 0.6 is 23.7 Å². The molecule has 23 heavy (non-hydrogen) atoms. The fourth-order valence-corrected chi connectivity index (χ4v) is 4.35. The van der Waals surface area contributed by atoms with E-state index in [0.29, 0.717) is 16.0 Å². The number of thiazole rings is 1. The minimum absolute atomic E-state index is 0. The highest BCUT2D eigenvalue weighted by Crippen LogP contribution is 2.40. The molecule has 0 fully saturated rings. The Hall–Kier alpha value is -1.05. The fraction of sp³-hybridized carbons (Fsp3) is 0.533. The Morgan fingerprint density at radius 1 is 1.30 bits per heavy atom. The van der Waals surface area contributed by atoms with Crippen LogP contribution in [0.2, 0.25) is 0 Å². The first-order valence-corrected chi connectivity index (χ1v) is 8.21. The van der Waals surface area contributed by atoms with Gasteiger partial charge in [-0.25, -0.2) is 0 Å². The lowest BCUT2D eigenvalue weighted by Crippen LogP contribution is -2.33. The molecular formula is C15H19ClF3N3S. The number of nitrogens with zero attached hydrogens (tertiary/aromatic N) is 2. The zero-order chi connectivity index (χ0) is 16.1. The first-order valence-electron chi connectivity index (χ1n) is 7.40. The van der Waals surface area contributed by atoms with Crippen LogP contribution in [0.25, 0.3) is 10.2 Å². The van der Waals surface area contributed by atoms with Gasteiger partial charge in [0, 0.05) is 12.6 Å². The van der Waals surface area contributed by atoms with Crippen LogP contribution in [0, 0.1) is 5.41 Å². The smallest absolute Gasteiger partial charge is 0.317 e. The second-order valence-corrected chi connectivity index (χ2v) is 6.53.